The van der Waals surface area contributed by atoms with Crippen molar-refractivity contribution in [3.63, 3.8) is 0 Å². The minimum atomic E-state index is -3.85. The molecule has 1 aromatic rings. The van der Waals surface area contributed by atoms with Crippen LogP contribution >= 0.6 is 0 Å². The van der Waals surface area contributed by atoms with Gasteiger partial charge in [-0.2, -0.15) is 9.82 Å². The van der Waals surface area contributed by atoms with Crippen LogP contribution in [0.5, 0.6) is 0 Å². The van der Waals surface area contributed by atoms with Gasteiger partial charge in [0.25, 0.3) is 0 Å². The van der Waals surface area contributed by atoms with Crippen LogP contribution in [0.3, 0.4) is 0 Å². The van der Waals surface area contributed by atoms with E-state index in [0.717, 1.165) is 0 Å². The Morgan fingerprint density at radius 3 is 2.61 bits per heavy atom. The molecule has 2 N–H and O–H groups in total. The third-order valence-corrected chi connectivity index (χ3v) is 4.15. The van der Waals surface area contributed by atoms with E-state index in [1.807, 2.05) is 0 Å². The second-order valence-corrected chi connectivity index (χ2v) is 5.89. The smallest absolute Gasteiger partial charge is 0.322 e. The zero-order chi connectivity index (χ0) is 13.9. The summed E-state index contributed by atoms with van der Waals surface area (Å²) in [6.45, 7) is 3.49. The summed E-state index contributed by atoms with van der Waals surface area (Å²) in [7, 11) is -2.27. The average molecular weight is 275 g/mol. The van der Waals surface area contributed by atoms with Gasteiger partial charge in [0.05, 0.1) is 6.20 Å². The first kappa shape index (κ1) is 14.7. The van der Waals surface area contributed by atoms with Crippen molar-refractivity contribution in [3.8, 4) is 0 Å². The summed E-state index contributed by atoms with van der Waals surface area (Å²) < 4.78 is 27.4. The van der Waals surface area contributed by atoms with Gasteiger partial charge < -0.3 is 5.11 Å². The molecule has 102 valence electrons. The van der Waals surface area contributed by atoms with E-state index in [2.05, 4.69) is 9.82 Å². The van der Waals surface area contributed by atoms with Gasteiger partial charge in [0, 0.05) is 13.2 Å². The summed E-state index contributed by atoms with van der Waals surface area (Å²) in [5.74, 6) is -1.48. The first-order valence-electron chi connectivity index (χ1n) is 5.51. The topological polar surface area (TPSA) is 101 Å². The molecule has 8 heteroatoms. The number of carboxylic acid groups (broad SMARTS) is 1. The van der Waals surface area contributed by atoms with Gasteiger partial charge in [0.2, 0.25) is 10.0 Å². The summed E-state index contributed by atoms with van der Waals surface area (Å²) in [4.78, 5) is 11.0. The van der Waals surface area contributed by atoms with Crippen LogP contribution in [0.25, 0.3) is 0 Å². The van der Waals surface area contributed by atoms with Gasteiger partial charge in [-0.15, -0.1) is 0 Å². The minimum absolute atomic E-state index is 0.0421. The number of carbonyl (C=O) groups is 1. The maximum atomic E-state index is 12.0. The highest BCUT2D eigenvalue weighted by Gasteiger charge is 2.29. The molecule has 1 heterocycles. The molecule has 0 aliphatic heterocycles. The van der Waals surface area contributed by atoms with Crippen LogP contribution in [0.2, 0.25) is 0 Å². The zero-order valence-corrected chi connectivity index (χ0v) is 11.3. The van der Waals surface area contributed by atoms with Crippen molar-refractivity contribution in [3.05, 3.63) is 12.4 Å². The highest BCUT2D eigenvalue weighted by Crippen LogP contribution is 2.13. The Labute approximate surface area is 106 Å². The SMILES string of the molecule is CCC(C)C(NS(=O)(=O)c1cnn(C)c1)C(=O)O. The fourth-order valence-electron chi connectivity index (χ4n) is 1.42. The Bertz CT molecular complexity index is 523. The van der Waals surface area contributed by atoms with Crippen molar-refractivity contribution >= 4 is 16.0 Å². The summed E-state index contributed by atoms with van der Waals surface area (Å²) in [5.41, 5.74) is 0. The fourth-order valence-corrected chi connectivity index (χ4v) is 2.70. The average Bonchev–Trinajstić information content (AvgIpc) is 2.72. The van der Waals surface area contributed by atoms with Crippen LogP contribution in [-0.4, -0.2) is 35.3 Å². The van der Waals surface area contributed by atoms with Gasteiger partial charge in [-0.1, -0.05) is 20.3 Å². The van der Waals surface area contributed by atoms with Gasteiger partial charge in [0.15, 0.2) is 0 Å². The van der Waals surface area contributed by atoms with Crippen molar-refractivity contribution < 1.29 is 18.3 Å². The number of nitrogens with one attached hydrogen (secondary N) is 1. The number of rotatable bonds is 6. The van der Waals surface area contributed by atoms with E-state index in [9.17, 15) is 13.2 Å². The van der Waals surface area contributed by atoms with Crippen molar-refractivity contribution in [1.29, 1.82) is 0 Å². The van der Waals surface area contributed by atoms with E-state index in [1.165, 1.54) is 17.1 Å². The molecule has 0 saturated heterocycles. The predicted molar refractivity (Wildman–Crippen MR) is 64.4 cm³/mol. The molecule has 0 radical (unpaired) electrons. The second kappa shape index (κ2) is 5.49. The molecule has 2 atom stereocenters. The maximum Gasteiger partial charge on any atom is 0.322 e. The number of hydrogen-bond acceptors (Lipinski definition) is 4. The lowest BCUT2D eigenvalue weighted by molar-refractivity contribution is -0.140. The Balaban J connectivity index is 2.96. The molecule has 1 aromatic heterocycles. The summed E-state index contributed by atoms with van der Waals surface area (Å²) >= 11 is 0. The van der Waals surface area contributed by atoms with Crippen LogP contribution in [0, 0.1) is 5.92 Å². The molecule has 0 saturated carbocycles. The molecular formula is C10H17N3O4S. The summed E-state index contributed by atoms with van der Waals surface area (Å²) in [5, 5.41) is 12.8. The van der Waals surface area contributed by atoms with Gasteiger partial charge in [0.1, 0.15) is 10.9 Å². The van der Waals surface area contributed by atoms with Crippen molar-refractivity contribution in [1.82, 2.24) is 14.5 Å². The number of nitrogens with zero attached hydrogens (tertiary/aromatic N) is 2. The number of aryl methyl sites for hydroxylation is 1. The van der Waals surface area contributed by atoms with Crippen LogP contribution < -0.4 is 4.72 Å². The van der Waals surface area contributed by atoms with E-state index >= 15 is 0 Å². The second-order valence-electron chi connectivity index (χ2n) is 4.17. The van der Waals surface area contributed by atoms with Crippen molar-refractivity contribution in [2.45, 2.75) is 31.2 Å². The van der Waals surface area contributed by atoms with Crippen LogP contribution in [-0.2, 0) is 21.9 Å². The van der Waals surface area contributed by atoms with Gasteiger partial charge in [-0.25, -0.2) is 8.42 Å². The fraction of sp³-hybridized carbons (Fsp3) is 0.600. The number of aromatic nitrogens is 2. The standard InChI is InChI=1S/C10H17N3O4S/c1-4-7(2)9(10(14)15)12-18(16,17)8-5-11-13(3)6-8/h5-7,9,12H,4H2,1-3H3,(H,14,15). The highest BCUT2D eigenvalue weighted by molar-refractivity contribution is 7.89. The normalized spacial score (nSPS) is 15.3. The largest absolute Gasteiger partial charge is 0.480 e. The molecule has 1 rings (SSSR count). The minimum Gasteiger partial charge on any atom is -0.480 e. The number of carboxylic acids is 1. The lowest BCUT2D eigenvalue weighted by Crippen LogP contribution is -2.44. The molecule has 0 aliphatic rings. The van der Waals surface area contributed by atoms with E-state index < -0.39 is 22.0 Å². The highest BCUT2D eigenvalue weighted by atomic mass is 32.2. The summed E-state index contributed by atoms with van der Waals surface area (Å²) in [6, 6.07) is -1.14. The summed E-state index contributed by atoms with van der Waals surface area (Å²) in [6.07, 6.45) is 3.06. The monoisotopic (exact) mass is 275 g/mol. The lowest BCUT2D eigenvalue weighted by atomic mass is 10.0. The van der Waals surface area contributed by atoms with E-state index in [1.54, 1.807) is 20.9 Å². The van der Waals surface area contributed by atoms with Gasteiger partial charge in [-0.3, -0.25) is 9.48 Å². The van der Waals surface area contributed by atoms with Crippen LogP contribution in [0.4, 0.5) is 0 Å². The third-order valence-electron chi connectivity index (χ3n) is 2.75. The Morgan fingerprint density at radius 2 is 2.22 bits per heavy atom. The van der Waals surface area contributed by atoms with Crippen molar-refractivity contribution in [2.75, 3.05) is 0 Å². The Morgan fingerprint density at radius 1 is 1.61 bits per heavy atom. The first-order chi connectivity index (χ1) is 8.27. The molecule has 18 heavy (non-hydrogen) atoms. The first-order valence-corrected chi connectivity index (χ1v) is 7.00. The molecule has 2 unspecified atom stereocenters. The molecule has 0 fully saturated rings. The predicted octanol–water partition coefficient (Wildman–Crippen LogP) is 0.198. The van der Waals surface area contributed by atoms with Crippen LogP contribution in [0.15, 0.2) is 17.3 Å². The molecule has 0 spiro atoms. The zero-order valence-electron chi connectivity index (χ0n) is 10.5. The molecular weight excluding hydrogens is 258 g/mol. The Hall–Kier alpha value is -1.41. The quantitative estimate of drug-likeness (QED) is 0.772. The number of aliphatic carboxylic acids is 1. The Kier molecular flexibility index (Phi) is 4.47. The molecule has 0 amide bonds. The maximum absolute atomic E-state index is 12.0. The third kappa shape index (κ3) is 3.30. The van der Waals surface area contributed by atoms with E-state index in [-0.39, 0.29) is 10.8 Å². The molecule has 0 aromatic carbocycles. The van der Waals surface area contributed by atoms with E-state index in [0.29, 0.717) is 6.42 Å². The molecule has 0 aliphatic carbocycles. The van der Waals surface area contributed by atoms with Crippen LogP contribution in [0.1, 0.15) is 20.3 Å². The van der Waals surface area contributed by atoms with E-state index in [4.69, 9.17) is 5.11 Å². The lowest BCUT2D eigenvalue weighted by Gasteiger charge is -2.19. The number of hydrogen-bond donors (Lipinski definition) is 2. The van der Waals surface area contributed by atoms with Crippen molar-refractivity contribution in [2.24, 2.45) is 13.0 Å². The van der Waals surface area contributed by atoms with Gasteiger partial charge in [-0.05, 0) is 5.92 Å². The van der Waals surface area contributed by atoms with Gasteiger partial charge >= 0.3 is 5.97 Å². The molecule has 7 nitrogen and oxygen atoms in total. The number of sulfonamides is 1. The molecule has 0 bridgehead atoms.